The maximum Gasteiger partial charge on any atom is 0.265 e. The lowest BCUT2D eigenvalue weighted by molar-refractivity contribution is -0.122. The average molecular weight is 311 g/mol. The molecule has 3 nitrogen and oxygen atoms in total. The zero-order valence-electron chi connectivity index (χ0n) is 14.5. The van der Waals surface area contributed by atoms with Gasteiger partial charge in [0.2, 0.25) is 0 Å². The van der Waals surface area contributed by atoms with Crippen LogP contribution in [0.1, 0.15) is 43.4 Å². The van der Waals surface area contributed by atoms with Gasteiger partial charge in [-0.05, 0) is 67.6 Å². The molecule has 2 aromatic rings. The van der Waals surface area contributed by atoms with E-state index in [1.54, 1.807) is 6.92 Å². The Morgan fingerprint density at radius 3 is 2.04 bits per heavy atom. The van der Waals surface area contributed by atoms with Crippen LogP contribution in [-0.2, 0) is 4.79 Å². The molecule has 0 saturated heterocycles. The number of rotatable bonds is 5. The number of hydrogen-bond donors (Lipinski definition) is 1. The van der Waals surface area contributed by atoms with E-state index < -0.39 is 6.10 Å². The summed E-state index contributed by atoms with van der Waals surface area (Å²) < 4.78 is 5.76. The molecule has 0 saturated carbocycles. The first-order chi connectivity index (χ1) is 10.8. The molecule has 122 valence electrons. The average Bonchev–Trinajstić information content (AvgIpc) is 2.46. The molecule has 0 heterocycles. The van der Waals surface area contributed by atoms with Crippen molar-refractivity contribution in [2.24, 2.45) is 0 Å². The number of carbonyl (C=O) groups excluding carboxylic acids is 1. The van der Waals surface area contributed by atoms with Crippen molar-refractivity contribution in [1.82, 2.24) is 0 Å². The smallest absolute Gasteiger partial charge is 0.265 e. The Bertz CT molecular complexity index is 654. The predicted molar refractivity (Wildman–Crippen MR) is 95.2 cm³/mol. The third-order valence-corrected chi connectivity index (χ3v) is 3.72. The summed E-state index contributed by atoms with van der Waals surface area (Å²) in [5, 5.41) is 2.89. The largest absolute Gasteiger partial charge is 0.481 e. The quantitative estimate of drug-likeness (QED) is 0.858. The molecule has 0 aliphatic heterocycles. The van der Waals surface area contributed by atoms with Gasteiger partial charge in [-0.25, -0.2) is 0 Å². The minimum Gasteiger partial charge on any atom is -0.481 e. The number of hydrogen-bond acceptors (Lipinski definition) is 2. The Morgan fingerprint density at radius 1 is 0.957 bits per heavy atom. The topological polar surface area (TPSA) is 38.3 Å². The van der Waals surface area contributed by atoms with Crippen LogP contribution in [-0.4, -0.2) is 12.0 Å². The van der Waals surface area contributed by atoms with Crippen molar-refractivity contribution in [2.75, 3.05) is 5.32 Å². The lowest BCUT2D eigenvalue weighted by Gasteiger charge is -2.16. The molecule has 0 aromatic heterocycles. The molecule has 0 unspecified atom stereocenters. The highest BCUT2D eigenvalue weighted by Crippen LogP contribution is 2.19. The molecule has 0 fully saturated rings. The standard InChI is InChI=1S/C20H25NO2/c1-13(2)17-6-8-18(9-7-17)21-20(22)16(5)23-19-11-14(3)10-15(4)12-19/h6-13,16H,1-5H3,(H,21,22)/t16-/m0/s1. The van der Waals surface area contributed by atoms with Crippen LogP contribution in [0.25, 0.3) is 0 Å². The zero-order valence-corrected chi connectivity index (χ0v) is 14.5. The molecule has 23 heavy (non-hydrogen) atoms. The second kappa shape index (κ2) is 7.32. The van der Waals surface area contributed by atoms with Crippen molar-refractivity contribution in [2.45, 2.75) is 46.6 Å². The molecule has 0 radical (unpaired) electrons. The van der Waals surface area contributed by atoms with Crippen LogP contribution in [0.5, 0.6) is 5.75 Å². The van der Waals surface area contributed by atoms with Crippen molar-refractivity contribution < 1.29 is 9.53 Å². The lowest BCUT2D eigenvalue weighted by atomic mass is 10.0. The van der Waals surface area contributed by atoms with Gasteiger partial charge in [0, 0.05) is 5.69 Å². The Labute approximate surface area is 138 Å². The van der Waals surface area contributed by atoms with E-state index in [1.165, 1.54) is 5.56 Å². The van der Waals surface area contributed by atoms with E-state index in [0.29, 0.717) is 5.92 Å². The first-order valence-corrected chi connectivity index (χ1v) is 8.01. The van der Waals surface area contributed by atoms with Crippen molar-refractivity contribution in [3.05, 3.63) is 59.2 Å². The van der Waals surface area contributed by atoms with Gasteiger partial charge in [0.05, 0.1) is 0 Å². The highest BCUT2D eigenvalue weighted by Gasteiger charge is 2.15. The monoisotopic (exact) mass is 311 g/mol. The Morgan fingerprint density at radius 2 is 1.52 bits per heavy atom. The van der Waals surface area contributed by atoms with Crippen LogP contribution in [0.15, 0.2) is 42.5 Å². The first kappa shape index (κ1) is 17.1. The van der Waals surface area contributed by atoms with Crippen molar-refractivity contribution in [3.8, 4) is 5.75 Å². The van der Waals surface area contributed by atoms with Crippen LogP contribution >= 0.6 is 0 Å². The van der Waals surface area contributed by atoms with E-state index >= 15 is 0 Å². The molecular formula is C20H25NO2. The van der Waals surface area contributed by atoms with E-state index in [-0.39, 0.29) is 5.91 Å². The zero-order chi connectivity index (χ0) is 17.0. The minimum atomic E-state index is -0.555. The molecule has 2 aromatic carbocycles. The van der Waals surface area contributed by atoms with Gasteiger partial charge < -0.3 is 10.1 Å². The first-order valence-electron chi connectivity index (χ1n) is 8.01. The fourth-order valence-corrected chi connectivity index (χ4v) is 2.45. The summed E-state index contributed by atoms with van der Waals surface area (Å²) in [4.78, 5) is 12.3. The highest BCUT2D eigenvalue weighted by molar-refractivity contribution is 5.94. The Hall–Kier alpha value is -2.29. The molecule has 0 bridgehead atoms. The third kappa shape index (κ3) is 4.85. The van der Waals surface area contributed by atoms with E-state index in [1.807, 2.05) is 50.2 Å². The van der Waals surface area contributed by atoms with Gasteiger partial charge in [-0.15, -0.1) is 0 Å². The van der Waals surface area contributed by atoms with Crippen molar-refractivity contribution in [3.63, 3.8) is 0 Å². The molecule has 0 aliphatic carbocycles. The second-order valence-corrected chi connectivity index (χ2v) is 6.35. The molecule has 1 N–H and O–H groups in total. The van der Waals surface area contributed by atoms with Crippen molar-refractivity contribution >= 4 is 11.6 Å². The fraction of sp³-hybridized carbons (Fsp3) is 0.350. The summed E-state index contributed by atoms with van der Waals surface area (Å²) in [6.07, 6.45) is -0.555. The Balaban J connectivity index is 1.99. The van der Waals surface area contributed by atoms with Crippen LogP contribution in [0.2, 0.25) is 0 Å². The third-order valence-electron chi connectivity index (χ3n) is 3.72. The van der Waals surface area contributed by atoms with Crippen LogP contribution in [0.3, 0.4) is 0 Å². The summed E-state index contributed by atoms with van der Waals surface area (Å²) in [7, 11) is 0. The molecule has 0 aliphatic rings. The number of aryl methyl sites for hydroxylation is 2. The number of benzene rings is 2. The molecular weight excluding hydrogens is 286 g/mol. The molecule has 0 spiro atoms. The molecule has 2 rings (SSSR count). The second-order valence-electron chi connectivity index (χ2n) is 6.35. The van der Waals surface area contributed by atoms with Crippen LogP contribution in [0, 0.1) is 13.8 Å². The summed E-state index contributed by atoms with van der Waals surface area (Å²) in [6.45, 7) is 10.1. The fourth-order valence-electron chi connectivity index (χ4n) is 2.45. The van der Waals surface area contributed by atoms with Gasteiger partial charge in [-0.1, -0.05) is 32.0 Å². The number of anilines is 1. The van der Waals surface area contributed by atoms with Crippen LogP contribution in [0.4, 0.5) is 5.69 Å². The van der Waals surface area contributed by atoms with E-state index in [9.17, 15) is 4.79 Å². The number of carbonyl (C=O) groups is 1. The SMILES string of the molecule is Cc1cc(C)cc(O[C@@H](C)C(=O)Nc2ccc(C(C)C)cc2)c1. The van der Waals surface area contributed by atoms with E-state index in [4.69, 9.17) is 4.74 Å². The van der Waals surface area contributed by atoms with Gasteiger partial charge in [-0.2, -0.15) is 0 Å². The molecule has 1 amide bonds. The maximum absolute atomic E-state index is 12.3. The minimum absolute atomic E-state index is 0.151. The van der Waals surface area contributed by atoms with Gasteiger partial charge in [-0.3, -0.25) is 4.79 Å². The van der Waals surface area contributed by atoms with Gasteiger partial charge in [0.15, 0.2) is 6.10 Å². The normalized spacial score (nSPS) is 12.1. The van der Waals surface area contributed by atoms with Crippen molar-refractivity contribution in [1.29, 1.82) is 0 Å². The van der Waals surface area contributed by atoms with Gasteiger partial charge in [0.25, 0.3) is 5.91 Å². The summed E-state index contributed by atoms with van der Waals surface area (Å²) in [6, 6.07) is 13.9. The van der Waals surface area contributed by atoms with Gasteiger partial charge >= 0.3 is 0 Å². The number of ether oxygens (including phenoxy) is 1. The molecule has 1 atom stereocenters. The van der Waals surface area contributed by atoms with E-state index in [0.717, 1.165) is 22.6 Å². The summed E-state index contributed by atoms with van der Waals surface area (Å²) in [5.41, 5.74) is 4.28. The predicted octanol–water partition coefficient (Wildman–Crippen LogP) is 4.83. The summed E-state index contributed by atoms with van der Waals surface area (Å²) >= 11 is 0. The summed E-state index contributed by atoms with van der Waals surface area (Å²) in [5.74, 6) is 1.05. The number of nitrogens with one attached hydrogen (secondary N) is 1. The Kier molecular flexibility index (Phi) is 5.43. The highest BCUT2D eigenvalue weighted by atomic mass is 16.5. The van der Waals surface area contributed by atoms with E-state index in [2.05, 4.69) is 25.2 Å². The number of amides is 1. The lowest BCUT2D eigenvalue weighted by Crippen LogP contribution is -2.30. The maximum atomic E-state index is 12.3. The van der Waals surface area contributed by atoms with Crippen LogP contribution < -0.4 is 10.1 Å². The van der Waals surface area contributed by atoms with Gasteiger partial charge in [0.1, 0.15) is 5.75 Å². The molecule has 3 heteroatoms.